The normalized spacial score (nSPS) is 34.2. The van der Waals surface area contributed by atoms with Gasteiger partial charge in [0.25, 0.3) is 0 Å². The summed E-state index contributed by atoms with van der Waals surface area (Å²) in [6, 6.07) is 8.83. The second kappa shape index (κ2) is 6.78. The van der Waals surface area contributed by atoms with Crippen molar-refractivity contribution in [2.24, 2.45) is 16.7 Å². The molecule has 2 fully saturated rings. The largest absolute Gasteiger partial charge is 0.423 e. The molecule has 5 nitrogen and oxygen atoms in total. The topological polar surface area (TPSA) is 76.7 Å². The minimum Gasteiger partial charge on any atom is -0.423 e. The number of benzene rings is 1. The third-order valence-electron chi connectivity index (χ3n) is 7.48. The number of carbonyl (C=O) groups is 1. The average Bonchev–Trinajstić information content (AvgIpc) is 2.64. The van der Waals surface area contributed by atoms with Crippen molar-refractivity contribution >= 4 is 16.8 Å². The lowest BCUT2D eigenvalue weighted by Crippen LogP contribution is -2.63. The van der Waals surface area contributed by atoms with Crippen LogP contribution in [0.2, 0.25) is 0 Å². The molecule has 29 heavy (non-hydrogen) atoms. The lowest BCUT2D eigenvalue weighted by molar-refractivity contribution is -0.225. The maximum Gasteiger partial charge on any atom is 0.336 e. The van der Waals surface area contributed by atoms with Crippen LogP contribution in [-0.4, -0.2) is 22.6 Å². The van der Waals surface area contributed by atoms with Gasteiger partial charge in [0.1, 0.15) is 11.4 Å². The fraction of sp³-hybridized carbons (Fsp3) is 0.583. The van der Waals surface area contributed by atoms with Crippen molar-refractivity contribution in [2.45, 2.75) is 71.7 Å². The van der Waals surface area contributed by atoms with Crippen molar-refractivity contribution in [3.8, 4) is 0 Å². The van der Waals surface area contributed by atoms with E-state index in [-0.39, 0.29) is 23.1 Å². The summed E-state index contributed by atoms with van der Waals surface area (Å²) >= 11 is 0. The molecule has 0 bridgehead atoms. The number of rotatable bonds is 3. The zero-order valence-corrected chi connectivity index (χ0v) is 17.7. The summed E-state index contributed by atoms with van der Waals surface area (Å²) in [6.07, 6.45) is 2.31. The van der Waals surface area contributed by atoms with Crippen molar-refractivity contribution < 1.29 is 19.1 Å². The Kier molecular flexibility index (Phi) is 4.74. The first-order chi connectivity index (χ1) is 13.5. The molecular weight excluding hydrogens is 368 g/mol. The van der Waals surface area contributed by atoms with E-state index in [1.807, 2.05) is 39.0 Å². The lowest BCUT2D eigenvalue weighted by atomic mass is 9.48. The maximum absolute atomic E-state index is 12.6. The standard InChI is InChI=1S/C24H30O5/c1-22(2)18-9-12-24(4,27)21(23(18,3)11-10-19(22)25)28-14-15-5-6-16-7-8-20(26)29-17(16)13-15/h5-8,13,18,21,27H,9-12,14H2,1-4H3/t18-,21+,23-,24+/m1/s1. The molecule has 1 heterocycles. The first-order valence-electron chi connectivity index (χ1n) is 10.4. The van der Waals surface area contributed by atoms with Crippen LogP contribution in [0.25, 0.3) is 11.0 Å². The van der Waals surface area contributed by atoms with E-state index in [9.17, 15) is 14.7 Å². The molecule has 0 spiro atoms. The van der Waals surface area contributed by atoms with Gasteiger partial charge in [0, 0.05) is 28.7 Å². The van der Waals surface area contributed by atoms with Gasteiger partial charge in [-0.15, -0.1) is 0 Å². The smallest absolute Gasteiger partial charge is 0.336 e. The molecule has 4 rings (SSSR count). The summed E-state index contributed by atoms with van der Waals surface area (Å²) in [5, 5.41) is 12.0. The monoisotopic (exact) mass is 398 g/mol. The molecule has 2 aliphatic rings. The fourth-order valence-corrected chi connectivity index (χ4v) is 5.92. The van der Waals surface area contributed by atoms with Gasteiger partial charge in [0.05, 0.1) is 18.3 Å². The fourth-order valence-electron chi connectivity index (χ4n) is 5.92. The van der Waals surface area contributed by atoms with Gasteiger partial charge >= 0.3 is 5.63 Å². The van der Waals surface area contributed by atoms with Crippen LogP contribution in [0, 0.1) is 16.7 Å². The Balaban J connectivity index is 1.62. The van der Waals surface area contributed by atoms with E-state index in [1.54, 1.807) is 6.07 Å². The van der Waals surface area contributed by atoms with Crippen LogP contribution in [0.5, 0.6) is 0 Å². The van der Waals surface area contributed by atoms with Crippen LogP contribution in [0.15, 0.2) is 39.5 Å². The third-order valence-corrected chi connectivity index (χ3v) is 7.48. The van der Waals surface area contributed by atoms with E-state index < -0.39 is 11.0 Å². The summed E-state index contributed by atoms with van der Waals surface area (Å²) in [6.45, 7) is 8.41. The molecule has 2 aromatic rings. The molecule has 5 heteroatoms. The zero-order valence-electron chi connectivity index (χ0n) is 17.7. The molecule has 1 aromatic carbocycles. The SMILES string of the molecule is CC1(C)C(=O)CC[C@]2(C)[C@@H]1CC[C@](C)(O)[C@H]2OCc1ccc2ccc(=O)oc2c1. The van der Waals surface area contributed by atoms with Crippen molar-refractivity contribution in [1.29, 1.82) is 0 Å². The number of carbonyl (C=O) groups excluding carboxylic acids is 1. The van der Waals surface area contributed by atoms with E-state index in [2.05, 4.69) is 6.92 Å². The Bertz CT molecular complexity index is 1000. The average molecular weight is 398 g/mol. The second-order valence-corrected chi connectivity index (χ2v) is 9.92. The van der Waals surface area contributed by atoms with Crippen molar-refractivity contribution in [3.05, 3.63) is 46.3 Å². The Morgan fingerprint density at radius 2 is 1.83 bits per heavy atom. The Hall–Kier alpha value is -1.98. The van der Waals surface area contributed by atoms with Gasteiger partial charge in [0.2, 0.25) is 0 Å². The predicted molar refractivity (Wildman–Crippen MR) is 111 cm³/mol. The number of aliphatic hydroxyl groups is 1. The van der Waals surface area contributed by atoms with Crippen LogP contribution < -0.4 is 5.63 Å². The van der Waals surface area contributed by atoms with Crippen LogP contribution in [0.1, 0.15) is 58.9 Å². The number of hydrogen-bond donors (Lipinski definition) is 1. The molecule has 0 aliphatic heterocycles. The van der Waals surface area contributed by atoms with Crippen LogP contribution in [0.3, 0.4) is 0 Å². The molecule has 1 N–H and O–H groups in total. The minimum atomic E-state index is -0.953. The molecule has 2 aliphatic carbocycles. The van der Waals surface area contributed by atoms with Crippen molar-refractivity contribution in [2.75, 3.05) is 0 Å². The Morgan fingerprint density at radius 3 is 2.59 bits per heavy atom. The third kappa shape index (κ3) is 3.34. The Morgan fingerprint density at radius 1 is 1.10 bits per heavy atom. The zero-order chi connectivity index (χ0) is 21.0. The summed E-state index contributed by atoms with van der Waals surface area (Å²) in [5.41, 5.74) is -0.595. The number of Topliss-reactive ketones (excluding diaryl/α,β-unsaturated/α-hetero) is 1. The quantitative estimate of drug-likeness (QED) is 0.783. The van der Waals surface area contributed by atoms with Gasteiger partial charge in [0.15, 0.2) is 0 Å². The van der Waals surface area contributed by atoms with Gasteiger partial charge in [-0.1, -0.05) is 32.9 Å². The van der Waals surface area contributed by atoms with E-state index in [4.69, 9.17) is 9.15 Å². The second-order valence-electron chi connectivity index (χ2n) is 9.92. The highest BCUT2D eigenvalue weighted by atomic mass is 16.5. The number of ether oxygens (including phenoxy) is 1. The van der Waals surface area contributed by atoms with Gasteiger partial charge < -0.3 is 14.3 Å². The van der Waals surface area contributed by atoms with Gasteiger partial charge in [-0.2, -0.15) is 0 Å². The molecule has 0 amide bonds. The predicted octanol–water partition coefficient (Wildman–Crippen LogP) is 4.23. The van der Waals surface area contributed by atoms with E-state index in [1.165, 1.54) is 6.07 Å². The maximum atomic E-state index is 12.6. The highest BCUT2D eigenvalue weighted by molar-refractivity contribution is 5.85. The van der Waals surface area contributed by atoms with Crippen LogP contribution >= 0.6 is 0 Å². The van der Waals surface area contributed by atoms with E-state index >= 15 is 0 Å². The van der Waals surface area contributed by atoms with Gasteiger partial charge in [-0.3, -0.25) is 4.79 Å². The molecule has 2 saturated carbocycles. The molecule has 1 aromatic heterocycles. The molecule has 0 saturated heterocycles. The van der Waals surface area contributed by atoms with Gasteiger partial charge in [-0.05, 0) is 49.8 Å². The Labute approximate surface area is 171 Å². The molecule has 156 valence electrons. The molecule has 0 radical (unpaired) electrons. The highest BCUT2D eigenvalue weighted by Gasteiger charge is 2.61. The lowest BCUT2D eigenvalue weighted by Gasteiger charge is -2.59. The van der Waals surface area contributed by atoms with Crippen LogP contribution in [-0.2, 0) is 16.1 Å². The number of hydrogen-bond acceptors (Lipinski definition) is 5. The van der Waals surface area contributed by atoms with Gasteiger partial charge in [-0.25, -0.2) is 4.79 Å². The van der Waals surface area contributed by atoms with Crippen molar-refractivity contribution in [3.63, 3.8) is 0 Å². The first kappa shape index (κ1) is 20.3. The molecule has 4 atom stereocenters. The summed E-state index contributed by atoms with van der Waals surface area (Å²) in [5.74, 6) is 0.487. The summed E-state index contributed by atoms with van der Waals surface area (Å²) < 4.78 is 11.7. The highest BCUT2D eigenvalue weighted by Crippen LogP contribution is 2.59. The number of fused-ring (bicyclic) bond motifs is 2. The summed E-state index contributed by atoms with van der Waals surface area (Å²) in [7, 11) is 0. The van der Waals surface area contributed by atoms with E-state index in [0.717, 1.165) is 23.8 Å². The van der Waals surface area contributed by atoms with Crippen LogP contribution in [0.4, 0.5) is 0 Å². The molecular formula is C24H30O5. The minimum absolute atomic E-state index is 0.177. The van der Waals surface area contributed by atoms with E-state index in [0.29, 0.717) is 30.8 Å². The summed E-state index contributed by atoms with van der Waals surface area (Å²) in [4.78, 5) is 24.1. The molecule has 0 unspecified atom stereocenters. The number of ketones is 1. The van der Waals surface area contributed by atoms with Crippen molar-refractivity contribution in [1.82, 2.24) is 0 Å². The first-order valence-corrected chi connectivity index (χ1v) is 10.4.